The Balaban J connectivity index is 2.90. The highest BCUT2D eigenvalue weighted by Crippen LogP contribution is 1.95. The van der Waals surface area contributed by atoms with Gasteiger partial charge in [0.05, 0.1) is 6.61 Å². The van der Waals surface area contributed by atoms with Gasteiger partial charge in [-0.1, -0.05) is 12.7 Å². The topological polar surface area (TPSA) is 26.3 Å². The third kappa shape index (κ3) is 7.21. The molecule has 0 amide bonds. The minimum Gasteiger partial charge on any atom is -0.466 e. The lowest BCUT2D eigenvalue weighted by molar-refractivity contribution is -0.141. The van der Waals surface area contributed by atoms with Crippen LogP contribution in [0.1, 0.15) is 26.2 Å². The van der Waals surface area contributed by atoms with Crippen LogP contribution in [-0.2, 0) is 9.53 Å². The molecule has 0 aliphatic rings. The molecule has 0 N–H and O–H groups in total. The largest absolute Gasteiger partial charge is 0.466 e. The van der Waals surface area contributed by atoms with Gasteiger partial charge in [0.2, 0.25) is 0 Å². The van der Waals surface area contributed by atoms with Gasteiger partial charge in [0.1, 0.15) is 0 Å². The monoisotopic (exact) mass is 141 g/mol. The van der Waals surface area contributed by atoms with Gasteiger partial charge in [0, 0.05) is 6.92 Å². The van der Waals surface area contributed by atoms with Gasteiger partial charge in [0.15, 0.2) is 0 Å². The summed E-state index contributed by atoms with van der Waals surface area (Å²) in [4.78, 5) is 10.2. The van der Waals surface area contributed by atoms with Crippen LogP contribution in [0.25, 0.3) is 0 Å². The molecule has 0 saturated carbocycles. The van der Waals surface area contributed by atoms with E-state index in [-0.39, 0.29) is 5.97 Å². The van der Waals surface area contributed by atoms with Crippen molar-refractivity contribution in [3.8, 4) is 0 Å². The molecule has 0 heterocycles. The lowest BCUT2D eigenvalue weighted by atomic mass is 10.2. The molecule has 0 saturated heterocycles. The first kappa shape index (κ1) is 9.21. The van der Waals surface area contributed by atoms with Gasteiger partial charge in [-0.15, -0.1) is 0 Å². The second-order valence-electron chi connectivity index (χ2n) is 2.07. The second-order valence-corrected chi connectivity index (χ2v) is 2.07. The van der Waals surface area contributed by atoms with Crippen LogP contribution >= 0.6 is 0 Å². The molecule has 10 heavy (non-hydrogen) atoms. The summed E-state index contributed by atoms with van der Waals surface area (Å²) >= 11 is 0. The normalized spacial score (nSPS) is 8.90. The van der Waals surface area contributed by atoms with Crippen LogP contribution < -0.4 is 0 Å². The summed E-state index contributed by atoms with van der Waals surface area (Å²) < 4.78 is 4.69. The first-order valence-electron chi connectivity index (χ1n) is 3.44. The fourth-order valence-corrected chi connectivity index (χ4v) is 0.580. The predicted octanol–water partition coefficient (Wildman–Crippen LogP) is 1.71. The highest BCUT2D eigenvalue weighted by atomic mass is 16.5. The van der Waals surface area contributed by atoms with E-state index in [9.17, 15) is 4.79 Å². The molecule has 2 nitrogen and oxygen atoms in total. The Labute approximate surface area is 61.9 Å². The fraction of sp³-hybridized carbons (Fsp3) is 0.625. The van der Waals surface area contributed by atoms with Gasteiger partial charge >= 0.3 is 5.97 Å². The number of rotatable bonds is 5. The SMILES string of the molecule is [CH]=CCCCCOC(C)=O. The number of carbonyl (C=O) groups is 1. The summed E-state index contributed by atoms with van der Waals surface area (Å²) in [5.74, 6) is -0.211. The fourth-order valence-electron chi connectivity index (χ4n) is 0.580. The molecule has 0 spiro atoms. The quantitative estimate of drug-likeness (QED) is 0.430. The van der Waals surface area contributed by atoms with E-state index < -0.39 is 0 Å². The summed E-state index contributed by atoms with van der Waals surface area (Å²) in [6.07, 6.45) is 4.39. The summed E-state index contributed by atoms with van der Waals surface area (Å²) in [7, 11) is 0. The number of hydrogen-bond acceptors (Lipinski definition) is 2. The minimum absolute atomic E-state index is 0.211. The van der Waals surface area contributed by atoms with Crippen molar-refractivity contribution < 1.29 is 9.53 Å². The van der Waals surface area contributed by atoms with Crippen LogP contribution in [0.15, 0.2) is 6.08 Å². The van der Waals surface area contributed by atoms with Crippen LogP contribution in [-0.4, -0.2) is 12.6 Å². The highest BCUT2D eigenvalue weighted by Gasteiger charge is 1.90. The van der Waals surface area contributed by atoms with Crippen molar-refractivity contribution in [1.29, 1.82) is 0 Å². The molecular weight excluding hydrogens is 128 g/mol. The summed E-state index contributed by atoms with van der Waals surface area (Å²) in [6.45, 7) is 7.07. The maximum Gasteiger partial charge on any atom is 0.302 e. The first-order valence-corrected chi connectivity index (χ1v) is 3.44. The third-order valence-electron chi connectivity index (χ3n) is 1.07. The molecule has 0 atom stereocenters. The molecule has 0 aromatic heterocycles. The zero-order valence-corrected chi connectivity index (χ0v) is 6.30. The number of ether oxygens (including phenoxy) is 1. The zero-order valence-electron chi connectivity index (χ0n) is 6.30. The van der Waals surface area contributed by atoms with E-state index in [1.807, 2.05) is 0 Å². The van der Waals surface area contributed by atoms with E-state index in [0.29, 0.717) is 6.61 Å². The molecule has 0 fully saturated rings. The van der Waals surface area contributed by atoms with Crippen molar-refractivity contribution in [3.05, 3.63) is 12.7 Å². The average Bonchev–Trinajstić information content (AvgIpc) is 1.87. The van der Waals surface area contributed by atoms with E-state index in [0.717, 1.165) is 19.3 Å². The van der Waals surface area contributed by atoms with Crippen molar-refractivity contribution in [1.82, 2.24) is 0 Å². The van der Waals surface area contributed by atoms with E-state index in [1.165, 1.54) is 6.92 Å². The van der Waals surface area contributed by atoms with E-state index in [1.54, 1.807) is 6.08 Å². The van der Waals surface area contributed by atoms with Gasteiger partial charge < -0.3 is 4.74 Å². The molecule has 0 aromatic carbocycles. The van der Waals surface area contributed by atoms with Gasteiger partial charge in [-0.3, -0.25) is 4.79 Å². The van der Waals surface area contributed by atoms with Crippen LogP contribution in [0.3, 0.4) is 0 Å². The molecule has 1 radical (unpaired) electrons. The first-order chi connectivity index (χ1) is 4.77. The summed E-state index contributed by atoms with van der Waals surface area (Å²) in [5, 5.41) is 0. The van der Waals surface area contributed by atoms with Crippen molar-refractivity contribution in [2.24, 2.45) is 0 Å². The molecule has 57 valence electrons. The van der Waals surface area contributed by atoms with Gasteiger partial charge in [-0.05, 0) is 19.3 Å². The molecule has 0 unspecified atom stereocenters. The van der Waals surface area contributed by atoms with Crippen molar-refractivity contribution in [2.75, 3.05) is 6.61 Å². The predicted molar refractivity (Wildman–Crippen MR) is 39.4 cm³/mol. The molecule has 0 aromatic rings. The number of hydrogen-bond donors (Lipinski definition) is 0. The number of allylic oxidation sites excluding steroid dienone is 1. The van der Waals surface area contributed by atoms with Crippen molar-refractivity contribution in [3.63, 3.8) is 0 Å². The summed E-state index contributed by atoms with van der Waals surface area (Å²) in [5.41, 5.74) is 0. The Bertz CT molecular complexity index is 108. The molecular formula is C8H13O2. The Morgan fingerprint density at radius 1 is 1.60 bits per heavy atom. The Hall–Kier alpha value is -0.790. The molecule has 0 bridgehead atoms. The molecule has 0 rings (SSSR count). The maximum atomic E-state index is 10.2. The lowest BCUT2D eigenvalue weighted by Gasteiger charge is -1.98. The van der Waals surface area contributed by atoms with Crippen molar-refractivity contribution in [2.45, 2.75) is 26.2 Å². The second kappa shape index (κ2) is 6.33. The van der Waals surface area contributed by atoms with Crippen LogP contribution in [0, 0.1) is 6.58 Å². The molecule has 2 heteroatoms. The Morgan fingerprint density at radius 3 is 2.80 bits per heavy atom. The number of esters is 1. The van der Waals surface area contributed by atoms with E-state index in [2.05, 4.69) is 0 Å². The van der Waals surface area contributed by atoms with Crippen molar-refractivity contribution >= 4 is 5.97 Å². The van der Waals surface area contributed by atoms with Crippen LogP contribution in [0.5, 0.6) is 0 Å². The van der Waals surface area contributed by atoms with Gasteiger partial charge in [-0.2, -0.15) is 0 Å². The van der Waals surface area contributed by atoms with Gasteiger partial charge in [-0.25, -0.2) is 0 Å². The van der Waals surface area contributed by atoms with E-state index >= 15 is 0 Å². The number of carbonyl (C=O) groups excluding carboxylic acids is 1. The van der Waals surface area contributed by atoms with Crippen LogP contribution in [0.2, 0.25) is 0 Å². The third-order valence-corrected chi connectivity index (χ3v) is 1.07. The maximum absolute atomic E-state index is 10.2. The standard InChI is InChI=1S/C8H13O2/c1-3-4-5-6-7-10-8(2)9/h1,3H,4-7H2,2H3. The molecule has 0 aliphatic carbocycles. The van der Waals surface area contributed by atoms with Gasteiger partial charge in [0.25, 0.3) is 0 Å². The Morgan fingerprint density at radius 2 is 2.30 bits per heavy atom. The lowest BCUT2D eigenvalue weighted by Crippen LogP contribution is -1.99. The van der Waals surface area contributed by atoms with Crippen LogP contribution in [0.4, 0.5) is 0 Å². The van der Waals surface area contributed by atoms with E-state index in [4.69, 9.17) is 11.3 Å². The minimum atomic E-state index is -0.211. The molecule has 0 aliphatic heterocycles. The summed E-state index contributed by atoms with van der Waals surface area (Å²) in [6, 6.07) is 0. The zero-order chi connectivity index (χ0) is 7.82. The average molecular weight is 141 g/mol. The smallest absolute Gasteiger partial charge is 0.302 e. The Kier molecular flexibility index (Phi) is 5.83. The number of unbranched alkanes of at least 4 members (excludes halogenated alkanes) is 2. The highest BCUT2D eigenvalue weighted by molar-refractivity contribution is 5.65.